The summed E-state index contributed by atoms with van der Waals surface area (Å²) in [6.07, 6.45) is 4.18. The number of amides is 2. The van der Waals surface area contributed by atoms with Crippen LogP contribution in [-0.4, -0.2) is 40.8 Å². The Hall–Kier alpha value is -3.15. The molecule has 0 radical (unpaired) electrons. The minimum absolute atomic E-state index is 0.00861. The van der Waals surface area contributed by atoms with Crippen LogP contribution in [-0.2, 0) is 4.79 Å². The lowest BCUT2D eigenvalue weighted by atomic mass is 10.0. The third-order valence-corrected chi connectivity index (χ3v) is 6.54. The number of nitrogens with one attached hydrogen (secondary N) is 1. The molecule has 1 fully saturated rings. The van der Waals surface area contributed by atoms with Crippen LogP contribution in [0, 0.1) is 5.92 Å². The van der Waals surface area contributed by atoms with E-state index in [0.29, 0.717) is 23.8 Å². The summed E-state index contributed by atoms with van der Waals surface area (Å²) in [5.74, 6) is 1.05. The van der Waals surface area contributed by atoms with Crippen molar-refractivity contribution >= 4 is 22.9 Å². The van der Waals surface area contributed by atoms with E-state index in [0.717, 1.165) is 42.3 Å². The number of para-hydroxylation sites is 2. The van der Waals surface area contributed by atoms with Gasteiger partial charge in [-0.1, -0.05) is 32.4 Å². The summed E-state index contributed by atoms with van der Waals surface area (Å²) in [6, 6.07) is 15.3. The van der Waals surface area contributed by atoms with Gasteiger partial charge in [0.05, 0.1) is 0 Å². The molecule has 168 valence electrons. The number of nitrogens with zero attached hydrogens (tertiary/aromatic N) is 2. The fourth-order valence-electron chi connectivity index (χ4n) is 4.31. The van der Waals surface area contributed by atoms with E-state index >= 15 is 0 Å². The summed E-state index contributed by atoms with van der Waals surface area (Å²) >= 11 is 0. The molecule has 0 spiro atoms. The Morgan fingerprint density at radius 2 is 1.91 bits per heavy atom. The van der Waals surface area contributed by atoms with Crippen molar-refractivity contribution in [1.82, 2.24) is 15.2 Å². The van der Waals surface area contributed by atoms with Crippen LogP contribution < -0.4 is 5.32 Å². The van der Waals surface area contributed by atoms with Crippen LogP contribution in [0.4, 0.5) is 0 Å². The molecule has 6 nitrogen and oxygen atoms in total. The summed E-state index contributed by atoms with van der Waals surface area (Å²) in [5, 5.41) is 3.15. The van der Waals surface area contributed by atoms with Crippen LogP contribution in [0.1, 0.15) is 56.3 Å². The Morgan fingerprint density at radius 3 is 2.62 bits per heavy atom. The highest BCUT2D eigenvalue weighted by molar-refractivity contribution is 5.94. The highest BCUT2D eigenvalue weighted by Crippen LogP contribution is 2.27. The van der Waals surface area contributed by atoms with Crippen molar-refractivity contribution in [2.24, 2.45) is 5.92 Å². The molecule has 1 N–H and O–H groups in total. The highest BCUT2D eigenvalue weighted by atomic mass is 16.3. The van der Waals surface area contributed by atoms with Crippen LogP contribution in [0.15, 0.2) is 52.9 Å². The molecule has 2 aromatic carbocycles. The zero-order valence-electron chi connectivity index (χ0n) is 19.0. The van der Waals surface area contributed by atoms with E-state index in [1.807, 2.05) is 60.5 Å². The lowest BCUT2D eigenvalue weighted by molar-refractivity contribution is -0.122. The predicted molar refractivity (Wildman–Crippen MR) is 125 cm³/mol. The van der Waals surface area contributed by atoms with Crippen molar-refractivity contribution in [1.29, 1.82) is 0 Å². The van der Waals surface area contributed by atoms with Crippen molar-refractivity contribution in [3.05, 3.63) is 54.1 Å². The molecule has 1 saturated carbocycles. The summed E-state index contributed by atoms with van der Waals surface area (Å²) in [7, 11) is 1.85. The molecule has 3 aromatic rings. The smallest absolute Gasteiger partial charge is 0.253 e. The minimum atomic E-state index is -0.00861. The molecule has 1 heterocycles. The number of oxazole rings is 1. The molecule has 1 aromatic heterocycles. The quantitative estimate of drug-likeness (QED) is 0.566. The van der Waals surface area contributed by atoms with Crippen LogP contribution in [0.3, 0.4) is 0 Å². The van der Waals surface area contributed by atoms with Gasteiger partial charge in [0.1, 0.15) is 5.52 Å². The van der Waals surface area contributed by atoms with Gasteiger partial charge >= 0.3 is 0 Å². The summed E-state index contributed by atoms with van der Waals surface area (Å²) < 4.78 is 5.82. The molecule has 1 aliphatic rings. The number of rotatable bonds is 7. The second kappa shape index (κ2) is 9.55. The minimum Gasteiger partial charge on any atom is -0.436 e. The molecule has 2 amide bonds. The molecular formula is C26H31N3O3. The number of benzene rings is 2. The maximum Gasteiger partial charge on any atom is 0.253 e. The second-order valence-electron chi connectivity index (χ2n) is 8.93. The van der Waals surface area contributed by atoms with E-state index in [9.17, 15) is 9.59 Å². The first-order valence-electron chi connectivity index (χ1n) is 11.5. The van der Waals surface area contributed by atoms with Crippen LogP contribution in [0.2, 0.25) is 0 Å². The normalized spacial score (nSPS) is 19.1. The molecule has 32 heavy (non-hydrogen) atoms. The SMILES string of the molecule is CCC(C)CC(=O)N[C@H]1CC[C@@H](N(C)C(=O)c2ccc(-c3nc4ccccc4o3)cc2)C1. The third-order valence-electron chi connectivity index (χ3n) is 6.54. The second-order valence-corrected chi connectivity index (χ2v) is 8.93. The van der Waals surface area contributed by atoms with Gasteiger partial charge < -0.3 is 14.6 Å². The van der Waals surface area contributed by atoms with Gasteiger partial charge in [0.25, 0.3) is 5.91 Å². The fourth-order valence-corrected chi connectivity index (χ4v) is 4.31. The first-order chi connectivity index (χ1) is 15.4. The number of fused-ring (bicyclic) bond motifs is 1. The van der Waals surface area contributed by atoms with Gasteiger partial charge in [-0.2, -0.15) is 0 Å². The number of carbonyl (C=O) groups excluding carboxylic acids is 2. The van der Waals surface area contributed by atoms with Crippen molar-refractivity contribution in [2.45, 2.75) is 58.0 Å². The molecule has 3 atom stereocenters. The van der Waals surface area contributed by atoms with Crippen LogP contribution in [0.5, 0.6) is 0 Å². The lowest BCUT2D eigenvalue weighted by Crippen LogP contribution is -2.38. The average Bonchev–Trinajstić information content (AvgIpc) is 3.45. The van der Waals surface area contributed by atoms with E-state index < -0.39 is 0 Å². The number of carbonyl (C=O) groups is 2. The van der Waals surface area contributed by atoms with Crippen molar-refractivity contribution in [3.8, 4) is 11.5 Å². The van der Waals surface area contributed by atoms with Crippen LogP contribution in [0.25, 0.3) is 22.6 Å². The number of hydrogen-bond donors (Lipinski definition) is 1. The van der Waals surface area contributed by atoms with E-state index in [-0.39, 0.29) is 23.9 Å². The highest BCUT2D eigenvalue weighted by Gasteiger charge is 2.31. The summed E-state index contributed by atoms with van der Waals surface area (Å²) in [6.45, 7) is 4.20. The van der Waals surface area contributed by atoms with E-state index in [2.05, 4.69) is 24.1 Å². The van der Waals surface area contributed by atoms with Crippen molar-refractivity contribution in [2.75, 3.05) is 7.05 Å². The molecule has 1 unspecified atom stereocenters. The summed E-state index contributed by atoms with van der Waals surface area (Å²) in [5.41, 5.74) is 3.03. The topological polar surface area (TPSA) is 75.4 Å². The monoisotopic (exact) mass is 433 g/mol. The Morgan fingerprint density at radius 1 is 1.16 bits per heavy atom. The first kappa shape index (κ1) is 22.1. The van der Waals surface area contributed by atoms with Crippen LogP contribution >= 0.6 is 0 Å². The Kier molecular flexibility index (Phi) is 6.58. The third kappa shape index (κ3) is 4.85. The molecule has 4 rings (SSSR count). The average molecular weight is 434 g/mol. The summed E-state index contributed by atoms with van der Waals surface area (Å²) in [4.78, 5) is 31.6. The van der Waals surface area contributed by atoms with Gasteiger partial charge in [-0.25, -0.2) is 4.98 Å². The van der Waals surface area contributed by atoms with Gasteiger partial charge in [0, 0.05) is 36.7 Å². The fraction of sp³-hybridized carbons (Fsp3) is 0.423. The largest absolute Gasteiger partial charge is 0.436 e. The first-order valence-corrected chi connectivity index (χ1v) is 11.5. The van der Waals surface area contributed by atoms with Gasteiger partial charge in [0.15, 0.2) is 5.58 Å². The van der Waals surface area contributed by atoms with Crippen molar-refractivity contribution in [3.63, 3.8) is 0 Å². The number of hydrogen-bond acceptors (Lipinski definition) is 4. The maximum absolute atomic E-state index is 13.0. The van der Waals surface area contributed by atoms with Crippen molar-refractivity contribution < 1.29 is 14.0 Å². The van der Waals surface area contributed by atoms with Gasteiger partial charge in [-0.3, -0.25) is 9.59 Å². The number of aromatic nitrogens is 1. The lowest BCUT2D eigenvalue weighted by Gasteiger charge is -2.25. The van der Waals surface area contributed by atoms with Gasteiger partial charge in [-0.15, -0.1) is 0 Å². The predicted octanol–water partition coefficient (Wildman–Crippen LogP) is 5.04. The molecular weight excluding hydrogens is 402 g/mol. The Bertz CT molecular complexity index is 1060. The Balaban J connectivity index is 1.36. The molecule has 0 saturated heterocycles. The molecule has 0 bridgehead atoms. The molecule has 0 aliphatic heterocycles. The van der Waals surface area contributed by atoms with E-state index in [1.165, 1.54) is 0 Å². The van der Waals surface area contributed by atoms with E-state index in [4.69, 9.17) is 4.42 Å². The maximum atomic E-state index is 13.0. The zero-order chi connectivity index (χ0) is 22.7. The Labute approximate surface area is 189 Å². The van der Waals surface area contributed by atoms with Gasteiger partial charge in [0.2, 0.25) is 11.8 Å². The molecule has 1 aliphatic carbocycles. The van der Waals surface area contributed by atoms with Gasteiger partial charge in [-0.05, 0) is 61.6 Å². The van der Waals surface area contributed by atoms with E-state index in [1.54, 1.807) is 0 Å². The molecule has 6 heteroatoms. The zero-order valence-corrected chi connectivity index (χ0v) is 19.0. The standard InChI is InChI=1S/C26H31N3O3/c1-4-17(2)15-24(30)27-20-13-14-21(16-20)29(3)26(31)19-11-9-18(10-12-19)25-28-22-7-5-6-8-23(22)32-25/h5-12,17,20-21H,4,13-16H2,1-3H3,(H,27,30)/t17?,20-,21+/m0/s1.